The smallest absolute Gasteiger partial charge is 0.133 e. The number of aryl methyl sites for hydroxylation is 2. The molecule has 0 saturated carbocycles. The van der Waals surface area contributed by atoms with E-state index in [2.05, 4.69) is 38.1 Å². The SMILES string of the molecule is CCCCCC(=O)CCc1ccc(C)cc1. The van der Waals surface area contributed by atoms with E-state index in [0.717, 1.165) is 19.3 Å². The summed E-state index contributed by atoms with van der Waals surface area (Å²) in [5.74, 6) is 0.411. The molecule has 1 aromatic rings. The van der Waals surface area contributed by atoms with E-state index in [1.807, 2.05) is 0 Å². The highest BCUT2D eigenvalue weighted by molar-refractivity contribution is 5.78. The molecular weight excluding hydrogens is 196 g/mol. The quantitative estimate of drug-likeness (QED) is 0.630. The van der Waals surface area contributed by atoms with Gasteiger partial charge in [-0.3, -0.25) is 4.79 Å². The molecule has 0 unspecified atom stereocenters. The first-order valence-corrected chi connectivity index (χ1v) is 6.29. The van der Waals surface area contributed by atoms with Gasteiger partial charge in [0.05, 0.1) is 0 Å². The summed E-state index contributed by atoms with van der Waals surface area (Å²) in [6, 6.07) is 8.46. The first-order valence-electron chi connectivity index (χ1n) is 6.29. The van der Waals surface area contributed by atoms with Crippen molar-refractivity contribution in [3.8, 4) is 0 Å². The van der Waals surface area contributed by atoms with Crippen molar-refractivity contribution in [2.45, 2.75) is 52.4 Å². The predicted molar refractivity (Wildman–Crippen MR) is 68.6 cm³/mol. The van der Waals surface area contributed by atoms with Gasteiger partial charge in [-0.15, -0.1) is 0 Å². The normalized spacial score (nSPS) is 10.4. The molecule has 0 saturated heterocycles. The Hall–Kier alpha value is -1.11. The van der Waals surface area contributed by atoms with E-state index >= 15 is 0 Å². The molecule has 0 heterocycles. The van der Waals surface area contributed by atoms with E-state index < -0.39 is 0 Å². The summed E-state index contributed by atoms with van der Waals surface area (Å²) in [4.78, 5) is 11.6. The van der Waals surface area contributed by atoms with Gasteiger partial charge < -0.3 is 0 Å². The number of carbonyl (C=O) groups is 1. The highest BCUT2D eigenvalue weighted by Gasteiger charge is 2.02. The molecule has 1 rings (SSSR count). The zero-order valence-electron chi connectivity index (χ0n) is 10.5. The van der Waals surface area contributed by atoms with E-state index in [1.165, 1.54) is 24.0 Å². The van der Waals surface area contributed by atoms with Gasteiger partial charge in [0.25, 0.3) is 0 Å². The molecule has 1 nitrogen and oxygen atoms in total. The number of unbranched alkanes of at least 4 members (excludes halogenated alkanes) is 2. The van der Waals surface area contributed by atoms with Gasteiger partial charge in [0.2, 0.25) is 0 Å². The molecule has 1 heteroatoms. The Labute approximate surface area is 98.9 Å². The Balaban J connectivity index is 2.23. The van der Waals surface area contributed by atoms with Gasteiger partial charge in [-0.1, -0.05) is 49.6 Å². The van der Waals surface area contributed by atoms with E-state index in [0.29, 0.717) is 12.2 Å². The minimum Gasteiger partial charge on any atom is -0.300 e. The second-order valence-corrected chi connectivity index (χ2v) is 4.48. The summed E-state index contributed by atoms with van der Waals surface area (Å²) in [5, 5.41) is 0. The van der Waals surface area contributed by atoms with Crippen LogP contribution in [0.5, 0.6) is 0 Å². The van der Waals surface area contributed by atoms with Crippen molar-refractivity contribution < 1.29 is 4.79 Å². The molecule has 0 bridgehead atoms. The first-order chi connectivity index (χ1) is 7.72. The van der Waals surface area contributed by atoms with E-state index in [-0.39, 0.29) is 0 Å². The lowest BCUT2D eigenvalue weighted by Gasteiger charge is -2.02. The van der Waals surface area contributed by atoms with Crippen molar-refractivity contribution >= 4 is 5.78 Å². The van der Waals surface area contributed by atoms with Crippen molar-refractivity contribution in [1.29, 1.82) is 0 Å². The Morgan fingerprint density at radius 1 is 1.06 bits per heavy atom. The molecule has 0 N–H and O–H groups in total. The molecule has 0 atom stereocenters. The summed E-state index contributed by atoms with van der Waals surface area (Å²) in [6.45, 7) is 4.25. The van der Waals surface area contributed by atoms with E-state index in [9.17, 15) is 4.79 Å². The molecule has 1 aromatic carbocycles. The van der Waals surface area contributed by atoms with Crippen LogP contribution in [-0.4, -0.2) is 5.78 Å². The van der Waals surface area contributed by atoms with Crippen LogP contribution in [0.15, 0.2) is 24.3 Å². The molecule has 88 valence electrons. The fraction of sp³-hybridized carbons (Fsp3) is 0.533. The van der Waals surface area contributed by atoms with Crippen molar-refractivity contribution in [3.05, 3.63) is 35.4 Å². The van der Waals surface area contributed by atoms with Crippen molar-refractivity contribution in [2.75, 3.05) is 0 Å². The molecule has 0 amide bonds. The highest BCUT2D eigenvalue weighted by Crippen LogP contribution is 2.08. The predicted octanol–water partition coefficient (Wildman–Crippen LogP) is 4.08. The second kappa shape index (κ2) is 7.21. The van der Waals surface area contributed by atoms with Crippen LogP contribution >= 0.6 is 0 Å². The molecule has 16 heavy (non-hydrogen) atoms. The van der Waals surface area contributed by atoms with Gasteiger partial charge >= 0.3 is 0 Å². The topological polar surface area (TPSA) is 17.1 Å². The maximum Gasteiger partial charge on any atom is 0.133 e. The highest BCUT2D eigenvalue weighted by atomic mass is 16.1. The standard InChI is InChI=1S/C15H22O/c1-3-4-5-6-15(16)12-11-14-9-7-13(2)8-10-14/h7-10H,3-6,11-12H2,1-2H3. The van der Waals surface area contributed by atoms with E-state index in [4.69, 9.17) is 0 Å². The van der Waals surface area contributed by atoms with Crippen LogP contribution < -0.4 is 0 Å². The number of Topliss-reactive ketones (excluding diaryl/α,β-unsaturated/α-hetero) is 1. The minimum atomic E-state index is 0.411. The molecule has 0 spiro atoms. The summed E-state index contributed by atoms with van der Waals surface area (Å²) >= 11 is 0. The van der Waals surface area contributed by atoms with E-state index in [1.54, 1.807) is 0 Å². The van der Waals surface area contributed by atoms with Gasteiger partial charge in [-0.2, -0.15) is 0 Å². The van der Waals surface area contributed by atoms with Crippen LogP contribution in [0.2, 0.25) is 0 Å². The average molecular weight is 218 g/mol. The van der Waals surface area contributed by atoms with Gasteiger partial charge in [0.15, 0.2) is 0 Å². The monoisotopic (exact) mass is 218 g/mol. The summed E-state index contributed by atoms with van der Waals surface area (Å²) in [6.07, 6.45) is 5.78. The molecule has 0 aliphatic rings. The number of benzene rings is 1. The number of rotatable bonds is 7. The molecule has 0 radical (unpaired) electrons. The largest absolute Gasteiger partial charge is 0.300 e. The number of hydrogen-bond donors (Lipinski definition) is 0. The first kappa shape index (κ1) is 13.0. The van der Waals surface area contributed by atoms with Gasteiger partial charge in [-0.05, 0) is 25.3 Å². The molecule has 0 aromatic heterocycles. The number of carbonyl (C=O) groups excluding carboxylic acids is 1. The number of ketones is 1. The third-order valence-corrected chi connectivity index (χ3v) is 2.87. The zero-order chi connectivity index (χ0) is 11.8. The van der Waals surface area contributed by atoms with Crippen molar-refractivity contribution in [3.63, 3.8) is 0 Å². The average Bonchev–Trinajstić information content (AvgIpc) is 2.29. The van der Waals surface area contributed by atoms with Crippen LogP contribution in [0.4, 0.5) is 0 Å². The summed E-state index contributed by atoms with van der Waals surface area (Å²) in [5.41, 5.74) is 2.55. The third kappa shape index (κ3) is 5.11. The van der Waals surface area contributed by atoms with Gasteiger partial charge in [0.1, 0.15) is 5.78 Å². The maximum atomic E-state index is 11.6. The molecule has 0 aliphatic carbocycles. The lowest BCUT2D eigenvalue weighted by atomic mass is 10.0. The minimum absolute atomic E-state index is 0.411. The van der Waals surface area contributed by atoms with Gasteiger partial charge in [0, 0.05) is 12.8 Å². The molecule has 0 fully saturated rings. The Morgan fingerprint density at radius 2 is 1.75 bits per heavy atom. The second-order valence-electron chi connectivity index (χ2n) is 4.48. The Morgan fingerprint density at radius 3 is 2.38 bits per heavy atom. The fourth-order valence-electron chi connectivity index (χ4n) is 1.74. The number of hydrogen-bond acceptors (Lipinski definition) is 1. The van der Waals surface area contributed by atoms with Crippen molar-refractivity contribution in [2.24, 2.45) is 0 Å². The summed E-state index contributed by atoms with van der Waals surface area (Å²) < 4.78 is 0. The molecular formula is C15H22O. The van der Waals surface area contributed by atoms with Crippen LogP contribution in [0.3, 0.4) is 0 Å². The lowest BCUT2D eigenvalue weighted by Crippen LogP contribution is -2.00. The van der Waals surface area contributed by atoms with Crippen LogP contribution in [0, 0.1) is 6.92 Å². The van der Waals surface area contributed by atoms with Crippen LogP contribution in [0.1, 0.15) is 50.2 Å². The van der Waals surface area contributed by atoms with Crippen LogP contribution in [0.25, 0.3) is 0 Å². The Bertz CT molecular complexity index is 311. The fourth-order valence-corrected chi connectivity index (χ4v) is 1.74. The lowest BCUT2D eigenvalue weighted by molar-refractivity contribution is -0.119. The maximum absolute atomic E-state index is 11.6. The molecule has 0 aliphatic heterocycles. The summed E-state index contributed by atoms with van der Waals surface area (Å²) in [7, 11) is 0. The van der Waals surface area contributed by atoms with Crippen LogP contribution in [-0.2, 0) is 11.2 Å². The third-order valence-electron chi connectivity index (χ3n) is 2.87. The van der Waals surface area contributed by atoms with Gasteiger partial charge in [-0.25, -0.2) is 0 Å². The van der Waals surface area contributed by atoms with Crippen molar-refractivity contribution in [1.82, 2.24) is 0 Å². The zero-order valence-corrected chi connectivity index (χ0v) is 10.5. The Kier molecular flexibility index (Phi) is 5.84.